The average molecular weight is 512 g/mol. The topological polar surface area (TPSA) is 99.5 Å². The van der Waals surface area contributed by atoms with Crippen LogP contribution in [0.2, 0.25) is 5.02 Å². The molecule has 4 aromatic rings. The summed E-state index contributed by atoms with van der Waals surface area (Å²) in [6, 6.07) is 14.0. The monoisotopic (exact) mass is 511 g/mol. The van der Waals surface area contributed by atoms with Crippen molar-refractivity contribution in [2.45, 2.75) is 19.8 Å². The number of halogens is 1. The molecule has 0 spiro atoms. The van der Waals surface area contributed by atoms with Crippen LogP contribution in [0.3, 0.4) is 0 Å². The molecule has 180 valence electrons. The van der Waals surface area contributed by atoms with Crippen molar-refractivity contribution in [3.05, 3.63) is 80.5 Å². The minimum atomic E-state index is -0.663. The number of benzene rings is 2. The Morgan fingerprint density at radius 3 is 2.63 bits per heavy atom. The van der Waals surface area contributed by atoms with Gasteiger partial charge in [0.15, 0.2) is 5.69 Å². The Kier molecular flexibility index (Phi) is 7.48. The van der Waals surface area contributed by atoms with Crippen LogP contribution in [0.5, 0.6) is 5.75 Å². The fraction of sp³-hybridized carbons (Fsp3) is 0.200. The van der Waals surface area contributed by atoms with Gasteiger partial charge >= 0.3 is 5.97 Å². The molecule has 8 nitrogen and oxygen atoms in total. The van der Waals surface area contributed by atoms with E-state index in [0.717, 1.165) is 27.3 Å². The van der Waals surface area contributed by atoms with Gasteiger partial charge in [-0.25, -0.2) is 4.79 Å². The molecule has 0 unspecified atom stereocenters. The van der Waals surface area contributed by atoms with E-state index < -0.39 is 11.5 Å². The maximum absolute atomic E-state index is 13.4. The lowest BCUT2D eigenvalue weighted by Crippen LogP contribution is -2.25. The van der Waals surface area contributed by atoms with Crippen LogP contribution in [-0.4, -0.2) is 35.4 Å². The predicted molar refractivity (Wildman–Crippen MR) is 136 cm³/mol. The average Bonchev–Trinajstić information content (AvgIpc) is 3.27. The van der Waals surface area contributed by atoms with E-state index >= 15 is 0 Å². The predicted octanol–water partition coefficient (Wildman–Crippen LogP) is 4.86. The molecule has 2 aromatic heterocycles. The van der Waals surface area contributed by atoms with Crippen molar-refractivity contribution in [2.75, 3.05) is 19.0 Å². The number of nitrogens with zero attached hydrogens (tertiary/aromatic N) is 2. The number of aryl methyl sites for hydroxylation is 1. The molecule has 4 rings (SSSR count). The molecule has 0 saturated heterocycles. The van der Waals surface area contributed by atoms with Gasteiger partial charge in [-0.2, -0.15) is 9.78 Å². The molecule has 0 aliphatic carbocycles. The quantitative estimate of drug-likeness (QED) is 0.339. The molecule has 0 fully saturated rings. The zero-order chi connectivity index (χ0) is 24.9. The number of esters is 1. The minimum absolute atomic E-state index is 0.0172. The second-order valence-electron chi connectivity index (χ2n) is 7.52. The first-order valence-corrected chi connectivity index (χ1v) is 12.1. The standard InChI is InChI=1S/C25H22ClN3O5S/c1-3-34-25(32)22-19-14-35-23(27-20(30)12-9-15-7-10-18(33-2)11-8-15)21(19)24(31)29(28-22)17-6-4-5-16(26)13-17/h4-8,10-11,13-14H,3,9,12H2,1-2H3,(H,27,30). The summed E-state index contributed by atoms with van der Waals surface area (Å²) in [5.41, 5.74) is 0.866. The summed E-state index contributed by atoms with van der Waals surface area (Å²) in [6.45, 7) is 1.83. The number of ether oxygens (including phenoxy) is 2. The van der Waals surface area contributed by atoms with E-state index in [-0.39, 0.29) is 30.0 Å². The fourth-order valence-electron chi connectivity index (χ4n) is 3.51. The normalized spacial score (nSPS) is 10.8. The molecular formula is C25H22ClN3O5S. The van der Waals surface area contributed by atoms with Gasteiger partial charge in [0.25, 0.3) is 5.56 Å². The highest BCUT2D eigenvalue weighted by Crippen LogP contribution is 2.31. The molecule has 0 bridgehead atoms. The van der Waals surface area contributed by atoms with Crippen LogP contribution >= 0.6 is 22.9 Å². The Morgan fingerprint density at radius 1 is 1.17 bits per heavy atom. The summed E-state index contributed by atoms with van der Waals surface area (Å²) in [4.78, 5) is 38.8. The third-order valence-electron chi connectivity index (χ3n) is 5.23. The van der Waals surface area contributed by atoms with Gasteiger partial charge in [-0.05, 0) is 49.2 Å². The molecule has 10 heteroatoms. The number of hydrogen-bond acceptors (Lipinski definition) is 7. The maximum Gasteiger partial charge on any atom is 0.359 e. The fourth-order valence-corrected chi connectivity index (χ4v) is 4.65. The number of methoxy groups -OCH3 is 1. The van der Waals surface area contributed by atoms with Crippen LogP contribution < -0.4 is 15.6 Å². The molecule has 2 aromatic carbocycles. The van der Waals surface area contributed by atoms with E-state index in [2.05, 4.69) is 10.4 Å². The molecule has 2 heterocycles. The summed E-state index contributed by atoms with van der Waals surface area (Å²) in [7, 11) is 1.59. The zero-order valence-corrected chi connectivity index (χ0v) is 20.6. The number of anilines is 1. The summed E-state index contributed by atoms with van der Waals surface area (Å²) in [5, 5.41) is 9.97. The van der Waals surface area contributed by atoms with Gasteiger partial charge in [-0.15, -0.1) is 11.3 Å². The van der Waals surface area contributed by atoms with Crippen molar-refractivity contribution in [2.24, 2.45) is 0 Å². The Labute approximate surface area is 210 Å². The Hall–Kier alpha value is -3.69. The summed E-state index contributed by atoms with van der Waals surface area (Å²) in [6.07, 6.45) is 0.728. The van der Waals surface area contributed by atoms with Crippen LogP contribution in [0.4, 0.5) is 5.00 Å². The molecule has 0 aliphatic rings. The highest BCUT2D eigenvalue weighted by molar-refractivity contribution is 7.16. The van der Waals surface area contributed by atoms with Crippen molar-refractivity contribution in [3.63, 3.8) is 0 Å². The van der Waals surface area contributed by atoms with Crippen LogP contribution in [0, 0.1) is 0 Å². The molecule has 0 atom stereocenters. The molecule has 1 amide bonds. The summed E-state index contributed by atoms with van der Waals surface area (Å²) < 4.78 is 11.4. The highest BCUT2D eigenvalue weighted by Gasteiger charge is 2.23. The molecule has 35 heavy (non-hydrogen) atoms. The lowest BCUT2D eigenvalue weighted by atomic mass is 10.1. The number of rotatable bonds is 8. The van der Waals surface area contributed by atoms with Gasteiger partial charge in [0.05, 0.1) is 24.8 Å². The lowest BCUT2D eigenvalue weighted by Gasteiger charge is -2.10. The highest BCUT2D eigenvalue weighted by atomic mass is 35.5. The first kappa shape index (κ1) is 24.4. The number of thiophene rings is 1. The van der Waals surface area contributed by atoms with E-state index in [4.69, 9.17) is 21.1 Å². The van der Waals surface area contributed by atoms with Crippen LogP contribution in [-0.2, 0) is 16.0 Å². The minimum Gasteiger partial charge on any atom is -0.497 e. The molecular weight excluding hydrogens is 490 g/mol. The van der Waals surface area contributed by atoms with Gasteiger partial charge in [-0.1, -0.05) is 29.8 Å². The summed E-state index contributed by atoms with van der Waals surface area (Å²) in [5.74, 6) is -0.179. The van der Waals surface area contributed by atoms with E-state index in [1.165, 1.54) is 0 Å². The maximum atomic E-state index is 13.4. The molecule has 0 aliphatic heterocycles. The van der Waals surface area contributed by atoms with Gasteiger partial charge in [0.2, 0.25) is 5.91 Å². The number of nitrogens with one attached hydrogen (secondary N) is 1. The number of carbonyl (C=O) groups is 2. The van der Waals surface area contributed by atoms with E-state index in [0.29, 0.717) is 27.5 Å². The lowest BCUT2D eigenvalue weighted by molar-refractivity contribution is -0.116. The zero-order valence-electron chi connectivity index (χ0n) is 19.0. The van der Waals surface area contributed by atoms with Crippen molar-refractivity contribution in [1.29, 1.82) is 0 Å². The number of carbonyl (C=O) groups excluding carboxylic acids is 2. The van der Waals surface area contributed by atoms with Gasteiger partial charge in [0.1, 0.15) is 10.8 Å². The van der Waals surface area contributed by atoms with Crippen molar-refractivity contribution < 1.29 is 19.1 Å². The SMILES string of the molecule is CCOC(=O)c1nn(-c2cccc(Cl)c2)c(=O)c2c(NC(=O)CCc3ccc(OC)cc3)scc12. The smallest absolute Gasteiger partial charge is 0.359 e. The van der Waals surface area contributed by atoms with Crippen molar-refractivity contribution in [1.82, 2.24) is 9.78 Å². The first-order valence-electron chi connectivity index (χ1n) is 10.8. The molecule has 0 saturated carbocycles. The van der Waals surface area contributed by atoms with E-state index in [1.807, 2.05) is 24.3 Å². The second kappa shape index (κ2) is 10.7. The number of amides is 1. The van der Waals surface area contributed by atoms with Gasteiger partial charge in [0, 0.05) is 22.2 Å². The Balaban J connectivity index is 1.68. The van der Waals surface area contributed by atoms with E-state index in [9.17, 15) is 14.4 Å². The molecule has 1 N–H and O–H groups in total. The van der Waals surface area contributed by atoms with Gasteiger partial charge < -0.3 is 14.8 Å². The Morgan fingerprint density at radius 2 is 1.94 bits per heavy atom. The third kappa shape index (κ3) is 5.36. The summed E-state index contributed by atoms with van der Waals surface area (Å²) >= 11 is 7.25. The van der Waals surface area contributed by atoms with E-state index in [1.54, 1.807) is 43.7 Å². The van der Waals surface area contributed by atoms with Crippen molar-refractivity contribution in [3.8, 4) is 11.4 Å². The number of hydrogen-bond donors (Lipinski definition) is 1. The Bertz CT molecular complexity index is 1450. The van der Waals surface area contributed by atoms with Crippen LogP contribution in [0.25, 0.3) is 16.5 Å². The largest absolute Gasteiger partial charge is 0.497 e. The van der Waals surface area contributed by atoms with Crippen LogP contribution in [0.1, 0.15) is 29.4 Å². The third-order valence-corrected chi connectivity index (χ3v) is 6.36. The van der Waals surface area contributed by atoms with Crippen LogP contribution in [0.15, 0.2) is 58.7 Å². The molecule has 0 radical (unpaired) electrons. The van der Waals surface area contributed by atoms with Gasteiger partial charge in [-0.3, -0.25) is 9.59 Å². The van der Waals surface area contributed by atoms with Crippen molar-refractivity contribution >= 4 is 50.6 Å². The number of aromatic nitrogens is 2. The second-order valence-corrected chi connectivity index (χ2v) is 8.83. The number of fused-ring (bicyclic) bond motifs is 1. The first-order chi connectivity index (χ1) is 16.9.